The number of hydrazine groups is 1. The molecule has 4 unspecified atom stereocenters. The molecule has 4 atom stereocenters. The van der Waals surface area contributed by atoms with E-state index in [2.05, 4.69) is 20.2 Å². The SMILES string of the molecule is Fc1c(-c2cccc3ccccc23)c(Cl)cc2c(N3CC4CCC(C3)N4)nc(OCN(C3CC3)N3C4CCC3COC4)nc12. The topological polar surface area (TPSA) is 66.0 Å². The molecule has 1 saturated carbocycles. The second-order valence-corrected chi connectivity index (χ2v) is 13.5. The number of nitrogens with zero attached hydrogens (tertiary/aromatic N) is 5. The molecule has 4 saturated heterocycles. The number of halogens is 2. The van der Waals surface area contributed by atoms with Crippen LogP contribution in [-0.4, -0.2) is 83.2 Å². The van der Waals surface area contributed by atoms with Crippen molar-refractivity contribution in [2.45, 2.75) is 68.7 Å². The second-order valence-electron chi connectivity index (χ2n) is 13.1. The molecule has 4 bridgehead atoms. The Morgan fingerprint density at radius 1 is 0.932 bits per heavy atom. The predicted molar refractivity (Wildman–Crippen MR) is 169 cm³/mol. The lowest BCUT2D eigenvalue weighted by Crippen LogP contribution is -2.57. The molecule has 1 aliphatic carbocycles. The molecule has 5 fully saturated rings. The minimum Gasteiger partial charge on any atom is -0.446 e. The largest absolute Gasteiger partial charge is 0.446 e. The zero-order valence-electron chi connectivity index (χ0n) is 24.6. The average molecular weight is 615 g/mol. The van der Waals surface area contributed by atoms with Gasteiger partial charge in [0.05, 0.1) is 18.2 Å². The molecule has 5 heterocycles. The van der Waals surface area contributed by atoms with Crippen molar-refractivity contribution in [3.05, 3.63) is 59.4 Å². The first-order valence-electron chi connectivity index (χ1n) is 16.0. The molecule has 228 valence electrons. The number of hydrogen-bond donors (Lipinski definition) is 1. The number of nitrogens with one attached hydrogen (secondary N) is 1. The van der Waals surface area contributed by atoms with Crippen LogP contribution in [0.1, 0.15) is 38.5 Å². The van der Waals surface area contributed by atoms with Gasteiger partial charge >= 0.3 is 6.01 Å². The molecule has 44 heavy (non-hydrogen) atoms. The third kappa shape index (κ3) is 4.63. The Hall–Kier alpha value is -3.08. The summed E-state index contributed by atoms with van der Waals surface area (Å²) in [7, 11) is 0. The van der Waals surface area contributed by atoms with Crippen molar-refractivity contribution in [1.82, 2.24) is 25.3 Å². The lowest BCUT2D eigenvalue weighted by atomic mass is 9.96. The molecule has 5 aliphatic rings. The molecule has 4 aliphatic heterocycles. The Labute approximate surface area is 261 Å². The van der Waals surface area contributed by atoms with Crippen LogP contribution in [-0.2, 0) is 4.74 Å². The zero-order chi connectivity index (χ0) is 29.4. The number of anilines is 1. The number of fused-ring (bicyclic) bond motifs is 6. The molecule has 9 rings (SSSR count). The highest BCUT2D eigenvalue weighted by atomic mass is 35.5. The zero-order valence-corrected chi connectivity index (χ0v) is 25.3. The van der Waals surface area contributed by atoms with Crippen molar-refractivity contribution in [3.63, 3.8) is 0 Å². The van der Waals surface area contributed by atoms with Gasteiger partial charge in [-0.2, -0.15) is 9.97 Å². The lowest BCUT2D eigenvalue weighted by Gasteiger charge is -2.42. The van der Waals surface area contributed by atoms with E-state index in [-0.39, 0.29) is 11.5 Å². The Kier molecular flexibility index (Phi) is 6.67. The molecule has 10 heteroatoms. The first kappa shape index (κ1) is 27.2. The quantitative estimate of drug-likeness (QED) is 0.264. The van der Waals surface area contributed by atoms with E-state index in [1.807, 2.05) is 48.5 Å². The molecule has 1 N–H and O–H groups in total. The van der Waals surface area contributed by atoms with E-state index in [1.54, 1.807) is 0 Å². The number of hydrogen-bond acceptors (Lipinski definition) is 8. The molecule has 0 amide bonds. The fourth-order valence-corrected chi connectivity index (χ4v) is 8.30. The van der Waals surface area contributed by atoms with Gasteiger partial charge in [0.2, 0.25) is 0 Å². The van der Waals surface area contributed by atoms with Crippen molar-refractivity contribution in [1.29, 1.82) is 0 Å². The number of benzene rings is 3. The van der Waals surface area contributed by atoms with Crippen LogP contribution in [0.25, 0.3) is 32.8 Å². The fourth-order valence-electron chi connectivity index (χ4n) is 8.01. The number of piperazine rings is 1. The summed E-state index contributed by atoms with van der Waals surface area (Å²) in [5.41, 5.74) is 1.35. The second kappa shape index (κ2) is 10.8. The maximum absolute atomic E-state index is 16.9. The van der Waals surface area contributed by atoms with Gasteiger partial charge in [0, 0.05) is 54.2 Å². The van der Waals surface area contributed by atoms with Crippen molar-refractivity contribution in [2.75, 3.05) is 37.9 Å². The molecule has 1 aromatic heterocycles. The van der Waals surface area contributed by atoms with Gasteiger partial charge in [-0.25, -0.2) is 14.4 Å². The summed E-state index contributed by atoms with van der Waals surface area (Å²) in [5.74, 6) is 0.249. The predicted octanol–water partition coefficient (Wildman–Crippen LogP) is 5.76. The van der Waals surface area contributed by atoms with E-state index in [4.69, 9.17) is 31.0 Å². The van der Waals surface area contributed by atoms with Crippen LogP contribution in [0.15, 0.2) is 48.5 Å². The maximum Gasteiger partial charge on any atom is 0.320 e. The van der Waals surface area contributed by atoms with Gasteiger partial charge in [0.15, 0.2) is 12.5 Å². The van der Waals surface area contributed by atoms with E-state index in [9.17, 15) is 0 Å². The Bertz CT molecular complexity index is 1720. The van der Waals surface area contributed by atoms with Crippen molar-refractivity contribution < 1.29 is 13.9 Å². The first-order chi connectivity index (χ1) is 21.6. The molecule has 0 spiro atoms. The summed E-state index contributed by atoms with van der Waals surface area (Å²) in [6.45, 7) is 3.45. The normalized spacial score (nSPS) is 26.8. The highest BCUT2D eigenvalue weighted by Gasteiger charge is 2.45. The van der Waals surface area contributed by atoms with Gasteiger partial charge in [0.1, 0.15) is 11.3 Å². The Morgan fingerprint density at radius 3 is 2.45 bits per heavy atom. The van der Waals surface area contributed by atoms with Gasteiger partial charge in [-0.05, 0) is 60.9 Å². The van der Waals surface area contributed by atoms with Gasteiger partial charge in [0.25, 0.3) is 0 Å². The Morgan fingerprint density at radius 2 is 1.68 bits per heavy atom. The maximum atomic E-state index is 16.9. The fraction of sp³-hybridized carbons (Fsp3) is 0.471. The van der Waals surface area contributed by atoms with Gasteiger partial charge in [-0.1, -0.05) is 54.1 Å². The van der Waals surface area contributed by atoms with E-state index in [1.165, 1.54) is 0 Å². The van der Waals surface area contributed by atoms with Crippen LogP contribution < -0.4 is 15.0 Å². The Balaban J connectivity index is 1.14. The number of morpholine rings is 1. The van der Waals surface area contributed by atoms with E-state index in [0.29, 0.717) is 58.7 Å². The van der Waals surface area contributed by atoms with Crippen LogP contribution in [0.2, 0.25) is 5.02 Å². The van der Waals surface area contributed by atoms with Crippen LogP contribution in [0.3, 0.4) is 0 Å². The van der Waals surface area contributed by atoms with Gasteiger partial charge in [-0.15, -0.1) is 0 Å². The number of aromatic nitrogens is 2. The van der Waals surface area contributed by atoms with Crippen molar-refractivity contribution in [3.8, 4) is 17.1 Å². The van der Waals surface area contributed by atoms with Crippen LogP contribution >= 0.6 is 11.6 Å². The number of ether oxygens (including phenoxy) is 2. The van der Waals surface area contributed by atoms with Crippen molar-refractivity contribution >= 4 is 39.1 Å². The summed E-state index contributed by atoms with van der Waals surface area (Å²) >= 11 is 6.95. The van der Waals surface area contributed by atoms with E-state index < -0.39 is 5.82 Å². The summed E-state index contributed by atoms with van der Waals surface area (Å²) in [6.07, 6.45) is 6.83. The first-order valence-corrected chi connectivity index (χ1v) is 16.4. The average Bonchev–Trinajstić information content (AvgIpc) is 3.78. The minimum atomic E-state index is -0.444. The summed E-state index contributed by atoms with van der Waals surface area (Å²) in [4.78, 5) is 12.0. The van der Waals surface area contributed by atoms with Crippen molar-refractivity contribution in [2.24, 2.45) is 0 Å². The third-order valence-corrected chi connectivity index (χ3v) is 10.5. The van der Waals surface area contributed by atoms with Gasteiger partial charge < -0.3 is 19.7 Å². The smallest absolute Gasteiger partial charge is 0.320 e. The summed E-state index contributed by atoms with van der Waals surface area (Å²) in [5, 5.41) is 11.5. The van der Waals surface area contributed by atoms with Crippen LogP contribution in [0.4, 0.5) is 10.2 Å². The van der Waals surface area contributed by atoms with Crippen LogP contribution in [0, 0.1) is 5.82 Å². The highest BCUT2D eigenvalue weighted by molar-refractivity contribution is 6.35. The summed E-state index contributed by atoms with van der Waals surface area (Å²) in [6, 6.07) is 17.9. The molecule has 3 aromatic carbocycles. The standard InChI is InChI=1S/C34H36ClFN6O2/c35-29-14-28-32(31(36)30(29)27-7-3-5-20-4-1-2-6-26(20)27)38-34(39-33(28)40-15-21-8-9-22(16-40)37-21)44-19-41(23-10-11-23)42-24-12-13-25(42)18-43-17-24/h1-7,14,21-25,37H,8-13,15-19H2. The van der Waals surface area contributed by atoms with E-state index in [0.717, 1.165) is 81.2 Å². The van der Waals surface area contributed by atoms with Gasteiger partial charge in [-0.3, -0.25) is 0 Å². The van der Waals surface area contributed by atoms with Crippen LogP contribution in [0.5, 0.6) is 6.01 Å². The molecular weight excluding hydrogens is 579 g/mol. The van der Waals surface area contributed by atoms with E-state index >= 15 is 4.39 Å². The minimum absolute atomic E-state index is 0.203. The monoisotopic (exact) mass is 614 g/mol. The highest BCUT2D eigenvalue weighted by Crippen LogP contribution is 2.42. The number of rotatable bonds is 7. The lowest BCUT2D eigenvalue weighted by molar-refractivity contribution is -0.164. The summed E-state index contributed by atoms with van der Waals surface area (Å²) < 4.78 is 29.2. The molecule has 8 nitrogen and oxygen atoms in total. The molecule has 0 radical (unpaired) electrons. The molecular formula is C34H36ClFN6O2. The molecule has 4 aromatic rings. The third-order valence-electron chi connectivity index (χ3n) is 10.2.